The number of aromatic hydroxyl groups is 2. The minimum Gasteiger partial charge on any atom is -0.504 e. The summed E-state index contributed by atoms with van der Waals surface area (Å²) in [6.45, 7) is 8.54. The van der Waals surface area contributed by atoms with E-state index < -0.39 is 8.07 Å². The Balaban J connectivity index is 3.87. The Labute approximate surface area is 133 Å². The van der Waals surface area contributed by atoms with E-state index in [-0.39, 0.29) is 28.7 Å². The number of allylic oxidation sites excluding steroid dienone is 1. The Morgan fingerprint density at radius 1 is 0.909 bits per heavy atom. The van der Waals surface area contributed by atoms with Gasteiger partial charge in [0, 0.05) is 0 Å². The fraction of sp³-hybridized carbons (Fsp3) is 0.500. The smallest absolute Gasteiger partial charge is 0.211 e. The van der Waals surface area contributed by atoms with Crippen molar-refractivity contribution in [1.29, 1.82) is 0 Å². The van der Waals surface area contributed by atoms with E-state index in [0.717, 1.165) is 11.6 Å². The second-order valence-corrected chi connectivity index (χ2v) is 11.0. The molecule has 0 amide bonds. The third-order valence-electron chi connectivity index (χ3n) is 3.41. The lowest BCUT2D eigenvalue weighted by molar-refractivity contribution is 0.301. The Bertz CT molecular complexity index is 573. The standard InChI is InChI=1S/C16H26O5Si/c1-8-9-10(22(5,6)7)11-12(17)15(20-3)16(21-4)13(18)14(11)19-2/h9,17-18H,8H2,1-7H3/b10-9+. The number of benzene rings is 1. The summed E-state index contributed by atoms with van der Waals surface area (Å²) >= 11 is 0. The van der Waals surface area contributed by atoms with Crippen LogP contribution in [0.2, 0.25) is 19.6 Å². The lowest BCUT2D eigenvalue weighted by Crippen LogP contribution is -2.23. The average Bonchev–Trinajstić information content (AvgIpc) is 2.45. The maximum Gasteiger partial charge on any atom is 0.211 e. The fourth-order valence-corrected chi connectivity index (χ4v) is 4.27. The number of ether oxygens (including phenoxy) is 3. The summed E-state index contributed by atoms with van der Waals surface area (Å²) in [7, 11) is 2.48. The van der Waals surface area contributed by atoms with E-state index >= 15 is 0 Å². The molecule has 0 aromatic heterocycles. The summed E-state index contributed by atoms with van der Waals surface area (Å²) in [4.78, 5) is 0. The molecule has 0 aliphatic rings. The van der Waals surface area contributed by atoms with E-state index in [9.17, 15) is 10.2 Å². The van der Waals surface area contributed by atoms with Crippen LogP contribution >= 0.6 is 0 Å². The summed E-state index contributed by atoms with van der Waals surface area (Å²) in [5, 5.41) is 22.1. The molecule has 0 spiro atoms. The molecule has 0 aliphatic carbocycles. The van der Waals surface area contributed by atoms with Gasteiger partial charge in [0.1, 0.15) is 0 Å². The van der Waals surface area contributed by atoms with Crippen molar-refractivity contribution < 1.29 is 24.4 Å². The van der Waals surface area contributed by atoms with E-state index in [1.54, 1.807) is 0 Å². The van der Waals surface area contributed by atoms with Crippen LogP contribution in [-0.4, -0.2) is 39.6 Å². The van der Waals surface area contributed by atoms with Crippen molar-refractivity contribution in [3.8, 4) is 28.7 Å². The highest BCUT2D eigenvalue weighted by molar-refractivity contribution is 6.93. The summed E-state index contributed by atoms with van der Waals surface area (Å²) in [6, 6.07) is 0. The van der Waals surface area contributed by atoms with Crippen molar-refractivity contribution in [2.75, 3.05) is 21.3 Å². The first kappa shape index (κ1) is 18.2. The van der Waals surface area contributed by atoms with Crippen molar-refractivity contribution >= 4 is 13.3 Å². The predicted molar refractivity (Wildman–Crippen MR) is 91.0 cm³/mol. The monoisotopic (exact) mass is 326 g/mol. The van der Waals surface area contributed by atoms with E-state index in [1.807, 2.05) is 6.92 Å². The molecule has 5 nitrogen and oxygen atoms in total. The van der Waals surface area contributed by atoms with E-state index in [1.165, 1.54) is 21.3 Å². The molecule has 22 heavy (non-hydrogen) atoms. The van der Waals surface area contributed by atoms with Crippen LogP contribution in [0, 0.1) is 0 Å². The molecule has 0 saturated carbocycles. The number of methoxy groups -OCH3 is 3. The molecule has 0 fully saturated rings. The van der Waals surface area contributed by atoms with E-state index in [0.29, 0.717) is 5.56 Å². The summed E-state index contributed by atoms with van der Waals surface area (Å²) in [5.74, 6) is 0.131. The second kappa shape index (κ2) is 6.96. The first-order chi connectivity index (χ1) is 10.2. The molecule has 1 rings (SSSR count). The van der Waals surface area contributed by atoms with Crippen LogP contribution in [0.4, 0.5) is 0 Å². The highest BCUT2D eigenvalue weighted by atomic mass is 28.3. The van der Waals surface area contributed by atoms with E-state index in [4.69, 9.17) is 14.2 Å². The van der Waals surface area contributed by atoms with Crippen molar-refractivity contribution in [1.82, 2.24) is 0 Å². The molecule has 0 radical (unpaired) electrons. The topological polar surface area (TPSA) is 68.2 Å². The van der Waals surface area contributed by atoms with Crippen LogP contribution in [0.25, 0.3) is 5.20 Å². The molecule has 124 valence electrons. The van der Waals surface area contributed by atoms with Gasteiger partial charge < -0.3 is 24.4 Å². The Kier molecular flexibility index (Phi) is 5.76. The lowest BCUT2D eigenvalue weighted by Gasteiger charge is -2.26. The average molecular weight is 326 g/mol. The normalized spacial score (nSPS) is 12.2. The van der Waals surface area contributed by atoms with Crippen LogP contribution < -0.4 is 14.2 Å². The lowest BCUT2D eigenvalue weighted by atomic mass is 10.1. The van der Waals surface area contributed by atoms with Crippen LogP contribution in [0.1, 0.15) is 18.9 Å². The van der Waals surface area contributed by atoms with Gasteiger partial charge in [-0.15, -0.1) is 0 Å². The van der Waals surface area contributed by atoms with Gasteiger partial charge >= 0.3 is 0 Å². The zero-order valence-electron chi connectivity index (χ0n) is 14.4. The predicted octanol–water partition coefficient (Wildman–Crippen LogP) is 3.79. The molecule has 6 heteroatoms. The molecule has 0 saturated heterocycles. The van der Waals surface area contributed by atoms with Crippen LogP contribution in [0.5, 0.6) is 28.7 Å². The number of hydrogen-bond acceptors (Lipinski definition) is 5. The number of hydrogen-bond donors (Lipinski definition) is 2. The summed E-state index contributed by atoms with van der Waals surface area (Å²) in [5.41, 5.74) is 0.485. The largest absolute Gasteiger partial charge is 0.504 e. The van der Waals surface area contributed by atoms with Gasteiger partial charge in [-0.05, 0) is 11.6 Å². The minimum atomic E-state index is -1.80. The molecule has 0 unspecified atom stereocenters. The molecular formula is C16H26O5Si. The van der Waals surface area contributed by atoms with E-state index in [2.05, 4.69) is 25.7 Å². The maximum absolute atomic E-state index is 10.7. The quantitative estimate of drug-likeness (QED) is 0.615. The third-order valence-corrected chi connectivity index (χ3v) is 5.48. The molecule has 1 aromatic rings. The zero-order valence-corrected chi connectivity index (χ0v) is 15.4. The van der Waals surface area contributed by atoms with Crippen molar-refractivity contribution in [3.63, 3.8) is 0 Å². The summed E-state index contributed by atoms with van der Waals surface area (Å²) in [6.07, 6.45) is 2.88. The molecule has 0 bridgehead atoms. The van der Waals surface area contributed by atoms with Gasteiger partial charge in [0.15, 0.2) is 11.5 Å². The Morgan fingerprint density at radius 2 is 1.36 bits per heavy atom. The van der Waals surface area contributed by atoms with Crippen LogP contribution in [-0.2, 0) is 0 Å². The highest BCUT2D eigenvalue weighted by Gasteiger charge is 2.32. The van der Waals surface area contributed by atoms with Gasteiger partial charge in [-0.3, -0.25) is 0 Å². The minimum absolute atomic E-state index is 0.0621. The Hall–Kier alpha value is -1.82. The molecule has 2 N–H and O–H groups in total. The number of phenols is 2. The van der Waals surface area contributed by atoms with Crippen LogP contribution in [0.15, 0.2) is 6.08 Å². The maximum atomic E-state index is 10.7. The van der Waals surface area contributed by atoms with Crippen molar-refractivity contribution in [3.05, 3.63) is 11.6 Å². The number of phenolic OH excluding ortho intramolecular Hbond substituents is 2. The van der Waals surface area contributed by atoms with Gasteiger partial charge in [-0.25, -0.2) is 0 Å². The SMILES string of the molecule is CC/C=C(\c1c(O)c(OC)c(OC)c(O)c1OC)[Si](C)(C)C. The summed E-state index contributed by atoms with van der Waals surface area (Å²) < 4.78 is 15.7. The van der Waals surface area contributed by atoms with Crippen molar-refractivity contribution in [2.45, 2.75) is 33.0 Å². The third kappa shape index (κ3) is 3.16. The molecule has 0 heterocycles. The van der Waals surface area contributed by atoms with Gasteiger partial charge in [0.05, 0.1) is 35.0 Å². The van der Waals surface area contributed by atoms with Gasteiger partial charge in [0.25, 0.3) is 0 Å². The zero-order chi connectivity index (χ0) is 17.1. The van der Waals surface area contributed by atoms with Gasteiger partial charge in [-0.2, -0.15) is 0 Å². The van der Waals surface area contributed by atoms with Crippen LogP contribution in [0.3, 0.4) is 0 Å². The highest BCUT2D eigenvalue weighted by Crippen LogP contribution is 2.55. The van der Waals surface area contributed by atoms with Crippen molar-refractivity contribution in [2.24, 2.45) is 0 Å². The first-order valence-corrected chi connectivity index (χ1v) is 10.7. The first-order valence-electron chi connectivity index (χ1n) is 7.19. The molecule has 1 aromatic carbocycles. The number of rotatable bonds is 6. The van der Waals surface area contributed by atoms with Gasteiger partial charge in [0.2, 0.25) is 17.2 Å². The molecular weight excluding hydrogens is 300 g/mol. The molecule has 0 aliphatic heterocycles. The second-order valence-electron chi connectivity index (χ2n) is 5.95. The van der Waals surface area contributed by atoms with Gasteiger partial charge in [-0.1, -0.05) is 32.6 Å². The Morgan fingerprint density at radius 3 is 1.73 bits per heavy atom. The fourth-order valence-electron chi connectivity index (χ4n) is 2.47. The molecule has 0 atom stereocenters.